The number of hydrogen-bond acceptors (Lipinski definition) is 5. The van der Waals surface area contributed by atoms with E-state index >= 15 is 0 Å². The summed E-state index contributed by atoms with van der Waals surface area (Å²) in [5.41, 5.74) is 1.42. The number of hydrogen-bond donors (Lipinski definition) is 1. The normalized spacial score (nSPS) is 19.0. The Morgan fingerprint density at radius 3 is 2.62 bits per heavy atom. The molecule has 0 aromatic carbocycles. The molecular weight excluding hydrogens is 298 g/mol. The predicted molar refractivity (Wildman–Crippen MR) is 96.8 cm³/mol. The van der Waals surface area contributed by atoms with Gasteiger partial charge in [-0.3, -0.25) is 0 Å². The van der Waals surface area contributed by atoms with Crippen molar-refractivity contribution in [3.05, 3.63) is 10.6 Å². The fraction of sp³-hybridized carbons (Fsp3) is 0.812. The topological polar surface area (TPSA) is 28.2 Å². The molecule has 0 unspecified atom stereocenters. The first-order valence-corrected chi connectivity index (χ1v) is 9.63. The van der Waals surface area contributed by atoms with Gasteiger partial charge in [-0.05, 0) is 41.0 Å². The van der Waals surface area contributed by atoms with Gasteiger partial charge in [0.25, 0.3) is 0 Å². The lowest BCUT2D eigenvalue weighted by Crippen LogP contribution is -2.43. The van der Waals surface area contributed by atoms with Crippen molar-refractivity contribution in [3.8, 4) is 0 Å². The minimum absolute atomic E-state index is 0.152. The first kappa shape index (κ1) is 17.1. The van der Waals surface area contributed by atoms with Crippen molar-refractivity contribution in [2.24, 2.45) is 0 Å². The van der Waals surface area contributed by atoms with E-state index < -0.39 is 0 Å². The molecular formula is C16H29N3S2. The van der Waals surface area contributed by atoms with Crippen LogP contribution in [0.5, 0.6) is 0 Å². The van der Waals surface area contributed by atoms with E-state index in [1.165, 1.54) is 21.5 Å². The number of anilines is 1. The maximum atomic E-state index is 4.91. The second-order valence-electron chi connectivity index (χ2n) is 7.35. The molecule has 0 aliphatic carbocycles. The first-order chi connectivity index (χ1) is 9.70. The molecule has 1 N–H and O–H groups in total. The molecule has 21 heavy (non-hydrogen) atoms. The van der Waals surface area contributed by atoms with Crippen LogP contribution in [0.25, 0.3) is 0 Å². The molecule has 0 radical (unpaired) electrons. The molecule has 1 fully saturated rings. The number of thiazole rings is 1. The minimum Gasteiger partial charge on any atom is -0.346 e. The van der Waals surface area contributed by atoms with Crippen LogP contribution in [0.15, 0.2) is 0 Å². The summed E-state index contributed by atoms with van der Waals surface area (Å²) in [6.07, 6.45) is 1.02. The van der Waals surface area contributed by atoms with E-state index in [0.29, 0.717) is 4.75 Å². The van der Waals surface area contributed by atoms with Gasteiger partial charge in [-0.25, -0.2) is 4.98 Å². The molecule has 120 valence electrons. The van der Waals surface area contributed by atoms with E-state index in [1.54, 1.807) is 0 Å². The molecule has 3 nitrogen and oxygen atoms in total. The third-order valence-corrected chi connectivity index (χ3v) is 6.03. The lowest BCUT2D eigenvalue weighted by Gasteiger charge is -2.37. The Morgan fingerprint density at radius 2 is 2.05 bits per heavy atom. The third-order valence-electron chi connectivity index (χ3n) is 3.58. The number of aromatic nitrogens is 1. The summed E-state index contributed by atoms with van der Waals surface area (Å²) >= 11 is 3.95. The highest BCUT2D eigenvalue weighted by atomic mass is 32.2. The number of aryl methyl sites for hydroxylation is 1. The van der Waals surface area contributed by atoms with Crippen molar-refractivity contribution >= 4 is 28.2 Å². The van der Waals surface area contributed by atoms with Crippen LogP contribution < -0.4 is 10.2 Å². The summed E-state index contributed by atoms with van der Waals surface area (Å²) < 4.78 is 0.333. The van der Waals surface area contributed by atoms with Crippen LogP contribution in [0.4, 0.5) is 5.13 Å². The van der Waals surface area contributed by atoms with Crippen molar-refractivity contribution in [2.45, 2.75) is 64.8 Å². The molecule has 1 saturated heterocycles. The van der Waals surface area contributed by atoms with Gasteiger partial charge in [-0.2, -0.15) is 11.8 Å². The summed E-state index contributed by atoms with van der Waals surface area (Å²) in [6, 6.07) is 0. The van der Waals surface area contributed by atoms with Gasteiger partial charge < -0.3 is 10.2 Å². The summed E-state index contributed by atoms with van der Waals surface area (Å²) in [4.78, 5) is 8.79. The second-order valence-corrected chi connectivity index (χ2v) is 10.2. The smallest absolute Gasteiger partial charge is 0.185 e. The van der Waals surface area contributed by atoms with Crippen LogP contribution in [0.3, 0.4) is 0 Å². The van der Waals surface area contributed by atoms with E-state index in [4.69, 9.17) is 4.98 Å². The molecule has 1 aliphatic heterocycles. The lowest BCUT2D eigenvalue weighted by atomic mass is 10.1. The number of rotatable bonds is 4. The van der Waals surface area contributed by atoms with Gasteiger partial charge in [0.15, 0.2) is 5.13 Å². The average Bonchev–Trinajstić information content (AvgIpc) is 2.77. The molecule has 1 aromatic rings. The minimum atomic E-state index is 0.152. The van der Waals surface area contributed by atoms with Crippen molar-refractivity contribution in [1.29, 1.82) is 0 Å². The number of nitrogens with one attached hydrogen (secondary N) is 1. The first-order valence-electron chi connectivity index (χ1n) is 7.83. The zero-order valence-corrected chi connectivity index (χ0v) is 15.9. The third kappa shape index (κ3) is 4.86. The molecule has 5 heteroatoms. The van der Waals surface area contributed by atoms with E-state index in [0.717, 1.165) is 26.1 Å². The van der Waals surface area contributed by atoms with Crippen molar-refractivity contribution in [1.82, 2.24) is 10.3 Å². The van der Waals surface area contributed by atoms with Crippen molar-refractivity contribution in [3.63, 3.8) is 0 Å². The van der Waals surface area contributed by atoms with Gasteiger partial charge in [-0.15, -0.1) is 11.3 Å². The molecule has 2 heterocycles. The largest absolute Gasteiger partial charge is 0.346 e. The zero-order valence-electron chi connectivity index (χ0n) is 14.2. The Bertz CT molecular complexity index is 474. The molecule has 2 rings (SSSR count). The van der Waals surface area contributed by atoms with Gasteiger partial charge in [0, 0.05) is 40.6 Å². The molecule has 0 atom stereocenters. The Hall–Kier alpha value is -0.260. The molecule has 0 saturated carbocycles. The van der Waals surface area contributed by atoms with Gasteiger partial charge in [-0.1, -0.05) is 6.92 Å². The maximum absolute atomic E-state index is 4.91. The quantitative estimate of drug-likeness (QED) is 0.907. The molecule has 0 spiro atoms. The van der Waals surface area contributed by atoms with Crippen LogP contribution in [0.2, 0.25) is 0 Å². The van der Waals surface area contributed by atoms with Gasteiger partial charge in [0.05, 0.1) is 5.69 Å². The average molecular weight is 328 g/mol. The summed E-state index contributed by atoms with van der Waals surface area (Å²) in [5.74, 6) is 1.20. The summed E-state index contributed by atoms with van der Waals surface area (Å²) in [5, 5.41) is 4.81. The standard InChI is InChI=1S/C16H29N3S2/c1-7-12-13(10-17-15(2,3)4)21-14(18-12)19-8-9-20-16(5,6)11-19/h17H,7-11H2,1-6H3. The highest BCUT2D eigenvalue weighted by molar-refractivity contribution is 8.00. The van der Waals surface area contributed by atoms with Crippen LogP contribution >= 0.6 is 23.1 Å². The fourth-order valence-electron chi connectivity index (χ4n) is 2.44. The van der Waals surface area contributed by atoms with Crippen LogP contribution in [0, 0.1) is 0 Å². The molecule has 1 aromatic heterocycles. The maximum Gasteiger partial charge on any atom is 0.185 e. The van der Waals surface area contributed by atoms with Crippen LogP contribution in [0.1, 0.15) is 52.1 Å². The highest BCUT2D eigenvalue weighted by Crippen LogP contribution is 2.35. The van der Waals surface area contributed by atoms with Crippen molar-refractivity contribution < 1.29 is 0 Å². The van der Waals surface area contributed by atoms with E-state index in [2.05, 4.69) is 63.5 Å². The fourth-order valence-corrected chi connectivity index (χ4v) is 4.67. The van der Waals surface area contributed by atoms with Crippen LogP contribution in [-0.4, -0.2) is 34.1 Å². The van der Waals surface area contributed by atoms with E-state index in [-0.39, 0.29) is 5.54 Å². The summed E-state index contributed by atoms with van der Waals surface area (Å²) in [7, 11) is 0. The second kappa shape index (κ2) is 6.47. The highest BCUT2D eigenvalue weighted by Gasteiger charge is 2.29. The lowest BCUT2D eigenvalue weighted by molar-refractivity contribution is 0.425. The zero-order chi connectivity index (χ0) is 15.7. The molecule has 0 bridgehead atoms. The Labute approximate surface area is 137 Å². The van der Waals surface area contributed by atoms with Gasteiger partial charge in [0.1, 0.15) is 0 Å². The molecule has 0 amide bonds. The van der Waals surface area contributed by atoms with E-state index in [1.807, 2.05) is 11.3 Å². The predicted octanol–water partition coefficient (Wildman–Crippen LogP) is 3.93. The number of nitrogens with zero attached hydrogens (tertiary/aromatic N) is 2. The Morgan fingerprint density at radius 1 is 1.33 bits per heavy atom. The SMILES string of the molecule is CCc1nc(N2CCSC(C)(C)C2)sc1CNC(C)(C)C. The van der Waals surface area contributed by atoms with E-state index in [9.17, 15) is 0 Å². The molecule has 1 aliphatic rings. The van der Waals surface area contributed by atoms with Gasteiger partial charge >= 0.3 is 0 Å². The van der Waals surface area contributed by atoms with Gasteiger partial charge in [0.2, 0.25) is 0 Å². The Balaban J connectivity index is 2.12. The van der Waals surface area contributed by atoms with Crippen LogP contribution in [-0.2, 0) is 13.0 Å². The summed E-state index contributed by atoms with van der Waals surface area (Å²) in [6.45, 7) is 16.7. The Kier molecular flexibility index (Phi) is 5.27. The van der Waals surface area contributed by atoms with Crippen molar-refractivity contribution in [2.75, 3.05) is 23.7 Å². The monoisotopic (exact) mass is 327 g/mol. The number of thioether (sulfide) groups is 1.